The smallest absolute Gasteiger partial charge is 0.228 e. The first kappa shape index (κ1) is 18.2. The van der Waals surface area contributed by atoms with Crippen LogP contribution >= 0.6 is 23.2 Å². The normalized spacial score (nSPS) is 10.4. The summed E-state index contributed by atoms with van der Waals surface area (Å²) in [6.45, 7) is 0.645. The molecule has 1 heterocycles. The van der Waals surface area contributed by atoms with Crippen molar-refractivity contribution in [3.05, 3.63) is 88.0 Å². The lowest BCUT2D eigenvalue weighted by Crippen LogP contribution is -2.14. The summed E-state index contributed by atoms with van der Waals surface area (Å²) in [5, 5.41) is 7.43. The van der Waals surface area contributed by atoms with Gasteiger partial charge in [0.15, 0.2) is 0 Å². The second-order valence-corrected chi connectivity index (χ2v) is 6.64. The molecule has 0 unspecified atom stereocenters. The summed E-state index contributed by atoms with van der Waals surface area (Å²) in [5.74, 6) is 0.631. The van der Waals surface area contributed by atoms with Gasteiger partial charge in [0, 0.05) is 16.6 Å². The van der Waals surface area contributed by atoms with Crippen molar-refractivity contribution in [2.24, 2.45) is 0 Å². The zero-order valence-corrected chi connectivity index (χ0v) is 15.4. The fraction of sp³-hybridized carbons (Fsp3) is 0.100. The summed E-state index contributed by atoms with van der Waals surface area (Å²) in [6.07, 6.45) is 1.91. The fourth-order valence-electron chi connectivity index (χ4n) is 2.36. The molecule has 0 saturated carbocycles. The highest BCUT2D eigenvalue weighted by molar-refractivity contribution is 6.30. The van der Waals surface area contributed by atoms with E-state index >= 15 is 0 Å². The van der Waals surface area contributed by atoms with Crippen LogP contribution in [-0.4, -0.2) is 10.9 Å². The monoisotopic (exact) mass is 385 g/mol. The topological polar surface area (TPSA) is 54.0 Å². The van der Waals surface area contributed by atoms with E-state index in [0.29, 0.717) is 22.3 Å². The first-order valence-electron chi connectivity index (χ1n) is 8.07. The SMILES string of the molecule is O=C(Cc1ccc(Cl)cc1)Nc1ccc(NCc2ccc(Cl)cc2)nc1. The lowest BCUT2D eigenvalue weighted by Gasteiger charge is -2.08. The number of anilines is 2. The summed E-state index contributed by atoms with van der Waals surface area (Å²) >= 11 is 11.7. The molecule has 0 bridgehead atoms. The minimum absolute atomic E-state index is 0.101. The standard InChI is InChI=1S/C20H17Cl2N3O/c21-16-5-1-14(2-6-16)11-20(26)25-18-9-10-19(24-13-18)23-12-15-3-7-17(22)8-4-15/h1-10,13H,11-12H2,(H,23,24)(H,25,26). The molecule has 4 nitrogen and oxygen atoms in total. The molecule has 1 aromatic heterocycles. The van der Waals surface area contributed by atoms with Crippen molar-refractivity contribution in [3.8, 4) is 0 Å². The second-order valence-electron chi connectivity index (χ2n) is 5.76. The highest BCUT2D eigenvalue weighted by Gasteiger charge is 2.05. The van der Waals surface area contributed by atoms with Crippen LogP contribution < -0.4 is 10.6 Å². The molecule has 0 aliphatic rings. The Morgan fingerprint density at radius 3 is 2.04 bits per heavy atom. The maximum absolute atomic E-state index is 12.1. The number of pyridine rings is 1. The number of nitrogens with one attached hydrogen (secondary N) is 2. The number of halogens is 2. The van der Waals surface area contributed by atoms with Crippen LogP contribution in [0.1, 0.15) is 11.1 Å². The summed E-state index contributed by atoms with van der Waals surface area (Å²) in [4.78, 5) is 16.4. The maximum Gasteiger partial charge on any atom is 0.228 e. The number of rotatable bonds is 6. The van der Waals surface area contributed by atoms with Gasteiger partial charge >= 0.3 is 0 Å². The number of benzene rings is 2. The molecular weight excluding hydrogens is 369 g/mol. The van der Waals surface area contributed by atoms with Crippen molar-refractivity contribution in [1.82, 2.24) is 4.98 Å². The van der Waals surface area contributed by atoms with E-state index in [-0.39, 0.29) is 12.3 Å². The van der Waals surface area contributed by atoms with Crippen LogP contribution in [0, 0.1) is 0 Å². The van der Waals surface area contributed by atoms with Gasteiger partial charge in [0.1, 0.15) is 5.82 Å². The van der Waals surface area contributed by atoms with Crippen molar-refractivity contribution in [2.45, 2.75) is 13.0 Å². The van der Waals surface area contributed by atoms with Crippen LogP contribution in [0.5, 0.6) is 0 Å². The molecule has 132 valence electrons. The summed E-state index contributed by atoms with van der Waals surface area (Å²) in [5.41, 5.74) is 2.67. The molecule has 6 heteroatoms. The van der Waals surface area contributed by atoms with E-state index in [1.54, 1.807) is 18.3 Å². The quantitative estimate of drug-likeness (QED) is 0.614. The molecule has 0 atom stereocenters. The van der Waals surface area contributed by atoms with Gasteiger partial charge in [-0.15, -0.1) is 0 Å². The second kappa shape index (κ2) is 8.70. The first-order valence-corrected chi connectivity index (χ1v) is 8.83. The molecule has 3 aromatic rings. The van der Waals surface area contributed by atoms with E-state index in [0.717, 1.165) is 16.9 Å². The number of carbonyl (C=O) groups excluding carboxylic acids is 1. The maximum atomic E-state index is 12.1. The fourth-order valence-corrected chi connectivity index (χ4v) is 2.61. The molecule has 2 aromatic carbocycles. The summed E-state index contributed by atoms with van der Waals surface area (Å²) in [6, 6.07) is 18.5. The number of amides is 1. The van der Waals surface area contributed by atoms with Crippen LogP contribution in [0.15, 0.2) is 66.9 Å². The largest absolute Gasteiger partial charge is 0.366 e. The average Bonchev–Trinajstić information content (AvgIpc) is 2.64. The third-order valence-electron chi connectivity index (χ3n) is 3.71. The van der Waals surface area contributed by atoms with Crippen molar-refractivity contribution < 1.29 is 4.79 Å². The minimum Gasteiger partial charge on any atom is -0.366 e. The van der Waals surface area contributed by atoms with Crippen LogP contribution in [0.2, 0.25) is 10.0 Å². The van der Waals surface area contributed by atoms with Crippen molar-refractivity contribution in [2.75, 3.05) is 10.6 Å². The predicted octanol–water partition coefficient (Wildman–Crippen LogP) is 5.18. The molecule has 0 spiro atoms. The Hall–Kier alpha value is -2.56. The van der Waals surface area contributed by atoms with Gasteiger partial charge in [-0.3, -0.25) is 4.79 Å². The van der Waals surface area contributed by atoms with Gasteiger partial charge < -0.3 is 10.6 Å². The molecule has 0 aliphatic carbocycles. The van der Waals surface area contributed by atoms with E-state index in [2.05, 4.69) is 15.6 Å². The zero-order chi connectivity index (χ0) is 18.4. The lowest BCUT2D eigenvalue weighted by molar-refractivity contribution is -0.115. The molecule has 0 radical (unpaired) electrons. The molecule has 0 fully saturated rings. The molecule has 0 saturated heterocycles. The Morgan fingerprint density at radius 2 is 1.46 bits per heavy atom. The van der Waals surface area contributed by atoms with E-state index in [4.69, 9.17) is 23.2 Å². The summed E-state index contributed by atoms with van der Waals surface area (Å²) in [7, 11) is 0. The van der Waals surface area contributed by atoms with Gasteiger partial charge in [-0.05, 0) is 47.5 Å². The van der Waals surface area contributed by atoms with Gasteiger partial charge in [0.2, 0.25) is 5.91 Å². The number of hydrogen-bond donors (Lipinski definition) is 2. The highest BCUT2D eigenvalue weighted by atomic mass is 35.5. The van der Waals surface area contributed by atoms with Crippen molar-refractivity contribution >= 4 is 40.6 Å². The van der Waals surface area contributed by atoms with Crippen LogP contribution in [0.4, 0.5) is 11.5 Å². The van der Waals surface area contributed by atoms with Gasteiger partial charge in [-0.25, -0.2) is 4.98 Å². The number of hydrogen-bond acceptors (Lipinski definition) is 3. The van der Waals surface area contributed by atoms with Crippen molar-refractivity contribution in [1.29, 1.82) is 0 Å². The zero-order valence-electron chi connectivity index (χ0n) is 13.9. The highest BCUT2D eigenvalue weighted by Crippen LogP contribution is 2.14. The van der Waals surface area contributed by atoms with Gasteiger partial charge in [0.05, 0.1) is 18.3 Å². The number of nitrogens with zero attached hydrogens (tertiary/aromatic N) is 1. The number of carbonyl (C=O) groups is 1. The Labute approximate surface area is 162 Å². The minimum atomic E-state index is -0.101. The van der Waals surface area contributed by atoms with Gasteiger partial charge in [-0.1, -0.05) is 47.5 Å². The first-order chi connectivity index (χ1) is 12.6. The van der Waals surface area contributed by atoms with Crippen LogP contribution in [-0.2, 0) is 17.8 Å². The predicted molar refractivity (Wildman–Crippen MR) is 107 cm³/mol. The van der Waals surface area contributed by atoms with Crippen LogP contribution in [0.25, 0.3) is 0 Å². The molecule has 2 N–H and O–H groups in total. The van der Waals surface area contributed by atoms with Crippen LogP contribution in [0.3, 0.4) is 0 Å². The third kappa shape index (κ3) is 5.48. The van der Waals surface area contributed by atoms with Crippen molar-refractivity contribution in [3.63, 3.8) is 0 Å². The Bertz CT molecular complexity index is 863. The molecule has 3 rings (SSSR count). The Morgan fingerprint density at radius 1 is 0.846 bits per heavy atom. The Balaban J connectivity index is 1.51. The molecule has 1 amide bonds. The Kier molecular flexibility index (Phi) is 6.10. The third-order valence-corrected chi connectivity index (χ3v) is 4.22. The lowest BCUT2D eigenvalue weighted by atomic mass is 10.1. The molecule has 26 heavy (non-hydrogen) atoms. The van der Waals surface area contributed by atoms with E-state index in [9.17, 15) is 4.79 Å². The number of aromatic nitrogens is 1. The molecule has 0 aliphatic heterocycles. The average molecular weight is 386 g/mol. The molecular formula is C20H17Cl2N3O. The van der Waals surface area contributed by atoms with Gasteiger partial charge in [-0.2, -0.15) is 0 Å². The van der Waals surface area contributed by atoms with E-state index < -0.39 is 0 Å². The van der Waals surface area contributed by atoms with E-state index in [1.165, 1.54) is 0 Å². The van der Waals surface area contributed by atoms with E-state index in [1.807, 2.05) is 48.5 Å². The van der Waals surface area contributed by atoms with Gasteiger partial charge in [0.25, 0.3) is 0 Å². The summed E-state index contributed by atoms with van der Waals surface area (Å²) < 4.78 is 0.